The Hall–Kier alpha value is -1.65. The first kappa shape index (κ1) is 17.2. The summed E-state index contributed by atoms with van der Waals surface area (Å²) in [5.41, 5.74) is 1.73. The SMILES string of the molecule is CC(CBr)Cc1nc2cc(Cl)ccc2c(=O)n1Cc1ccccc1. The lowest BCUT2D eigenvalue weighted by molar-refractivity contribution is 0.583. The number of halogens is 2. The third kappa shape index (κ3) is 3.70. The van der Waals surface area contributed by atoms with E-state index in [1.165, 1.54) is 0 Å². The monoisotopic (exact) mass is 404 g/mol. The zero-order chi connectivity index (χ0) is 17.1. The van der Waals surface area contributed by atoms with Crippen molar-refractivity contribution in [2.45, 2.75) is 19.9 Å². The lowest BCUT2D eigenvalue weighted by Gasteiger charge is -2.16. The zero-order valence-corrected chi connectivity index (χ0v) is 15.7. The van der Waals surface area contributed by atoms with Crippen LogP contribution < -0.4 is 5.56 Å². The van der Waals surface area contributed by atoms with Crippen LogP contribution in [0.5, 0.6) is 0 Å². The molecule has 24 heavy (non-hydrogen) atoms. The van der Waals surface area contributed by atoms with E-state index < -0.39 is 0 Å². The summed E-state index contributed by atoms with van der Waals surface area (Å²) >= 11 is 9.58. The Balaban J connectivity index is 2.16. The summed E-state index contributed by atoms with van der Waals surface area (Å²) in [4.78, 5) is 17.7. The topological polar surface area (TPSA) is 34.9 Å². The molecule has 0 spiro atoms. The van der Waals surface area contributed by atoms with Gasteiger partial charge in [-0.1, -0.05) is 64.8 Å². The van der Waals surface area contributed by atoms with Gasteiger partial charge < -0.3 is 0 Å². The van der Waals surface area contributed by atoms with E-state index in [1.807, 2.05) is 30.3 Å². The maximum absolute atomic E-state index is 13.0. The summed E-state index contributed by atoms with van der Waals surface area (Å²) < 4.78 is 1.78. The van der Waals surface area contributed by atoms with E-state index in [2.05, 4.69) is 22.9 Å². The van der Waals surface area contributed by atoms with Crippen molar-refractivity contribution in [1.29, 1.82) is 0 Å². The van der Waals surface area contributed by atoms with Gasteiger partial charge in [0.2, 0.25) is 0 Å². The maximum Gasteiger partial charge on any atom is 0.261 e. The number of benzene rings is 2. The van der Waals surface area contributed by atoms with Crippen molar-refractivity contribution in [3.05, 3.63) is 75.3 Å². The van der Waals surface area contributed by atoms with Crippen molar-refractivity contribution in [3.63, 3.8) is 0 Å². The van der Waals surface area contributed by atoms with Gasteiger partial charge in [-0.3, -0.25) is 9.36 Å². The molecule has 1 heterocycles. The van der Waals surface area contributed by atoms with Gasteiger partial charge >= 0.3 is 0 Å². The first-order chi connectivity index (χ1) is 11.6. The maximum atomic E-state index is 13.0. The average Bonchev–Trinajstić information content (AvgIpc) is 2.59. The van der Waals surface area contributed by atoms with Gasteiger partial charge in [-0.2, -0.15) is 0 Å². The highest BCUT2D eigenvalue weighted by Gasteiger charge is 2.14. The van der Waals surface area contributed by atoms with E-state index in [1.54, 1.807) is 22.8 Å². The van der Waals surface area contributed by atoms with E-state index >= 15 is 0 Å². The first-order valence-corrected chi connectivity index (χ1v) is 9.37. The van der Waals surface area contributed by atoms with Crippen molar-refractivity contribution in [2.75, 3.05) is 5.33 Å². The van der Waals surface area contributed by atoms with Crippen LogP contribution in [-0.2, 0) is 13.0 Å². The third-order valence-electron chi connectivity index (χ3n) is 3.97. The number of alkyl halides is 1. The molecule has 3 aromatic rings. The average molecular weight is 406 g/mol. The van der Waals surface area contributed by atoms with Crippen LogP contribution in [0.3, 0.4) is 0 Å². The minimum Gasteiger partial charge on any atom is -0.292 e. The minimum absolute atomic E-state index is 0.0164. The Morgan fingerprint density at radius 2 is 1.96 bits per heavy atom. The van der Waals surface area contributed by atoms with E-state index in [0.717, 1.165) is 23.1 Å². The molecule has 1 aromatic heterocycles. The van der Waals surface area contributed by atoms with Gasteiger partial charge in [0.25, 0.3) is 5.56 Å². The Labute approximate surface area is 154 Å². The van der Waals surface area contributed by atoms with E-state index in [4.69, 9.17) is 16.6 Å². The molecule has 5 heteroatoms. The highest BCUT2D eigenvalue weighted by Crippen LogP contribution is 2.18. The zero-order valence-electron chi connectivity index (χ0n) is 13.4. The van der Waals surface area contributed by atoms with Crippen molar-refractivity contribution in [2.24, 2.45) is 5.92 Å². The minimum atomic E-state index is -0.0164. The molecule has 1 unspecified atom stereocenters. The second-order valence-electron chi connectivity index (χ2n) is 6.03. The molecule has 1 atom stereocenters. The van der Waals surface area contributed by atoms with Gasteiger partial charge in [0, 0.05) is 16.8 Å². The van der Waals surface area contributed by atoms with Gasteiger partial charge in [0.1, 0.15) is 5.82 Å². The number of aromatic nitrogens is 2. The fourth-order valence-electron chi connectivity index (χ4n) is 2.69. The van der Waals surface area contributed by atoms with Crippen molar-refractivity contribution in [1.82, 2.24) is 9.55 Å². The molecule has 0 aliphatic carbocycles. The Morgan fingerprint density at radius 3 is 2.67 bits per heavy atom. The van der Waals surface area contributed by atoms with Gasteiger partial charge in [0.05, 0.1) is 17.4 Å². The molecule has 0 aliphatic rings. The third-order valence-corrected chi connectivity index (χ3v) is 5.31. The number of fused-ring (bicyclic) bond motifs is 1. The van der Waals surface area contributed by atoms with E-state index in [9.17, 15) is 4.79 Å². The number of rotatable bonds is 5. The van der Waals surface area contributed by atoms with Crippen molar-refractivity contribution < 1.29 is 0 Å². The van der Waals surface area contributed by atoms with Crippen LogP contribution in [0.2, 0.25) is 5.02 Å². The smallest absolute Gasteiger partial charge is 0.261 e. The molecule has 0 fully saturated rings. The normalized spacial score (nSPS) is 12.5. The largest absolute Gasteiger partial charge is 0.292 e. The van der Waals surface area contributed by atoms with Gasteiger partial charge in [-0.15, -0.1) is 0 Å². The molecule has 3 rings (SSSR count). The molecule has 0 radical (unpaired) electrons. The van der Waals surface area contributed by atoms with E-state index in [0.29, 0.717) is 28.4 Å². The molecule has 0 aliphatic heterocycles. The lowest BCUT2D eigenvalue weighted by Crippen LogP contribution is -2.27. The summed E-state index contributed by atoms with van der Waals surface area (Å²) in [6.07, 6.45) is 0.732. The van der Waals surface area contributed by atoms with Crippen molar-refractivity contribution in [3.8, 4) is 0 Å². The van der Waals surface area contributed by atoms with Crippen LogP contribution in [0.4, 0.5) is 0 Å². The summed E-state index contributed by atoms with van der Waals surface area (Å²) in [7, 11) is 0. The van der Waals surface area contributed by atoms with Crippen LogP contribution in [0, 0.1) is 5.92 Å². The fraction of sp³-hybridized carbons (Fsp3) is 0.263. The highest BCUT2D eigenvalue weighted by molar-refractivity contribution is 9.09. The van der Waals surface area contributed by atoms with Crippen LogP contribution in [-0.4, -0.2) is 14.9 Å². The standard InChI is InChI=1S/C19H18BrClN2O/c1-13(11-20)9-18-22-17-10-15(21)7-8-16(17)19(24)23(18)12-14-5-3-2-4-6-14/h2-8,10,13H,9,11-12H2,1H3. The highest BCUT2D eigenvalue weighted by atomic mass is 79.9. The first-order valence-electron chi connectivity index (χ1n) is 7.87. The van der Waals surface area contributed by atoms with Crippen LogP contribution in [0.1, 0.15) is 18.3 Å². The number of hydrogen-bond donors (Lipinski definition) is 0. The molecule has 0 N–H and O–H groups in total. The second-order valence-corrected chi connectivity index (χ2v) is 7.11. The summed E-state index contributed by atoms with van der Waals surface area (Å²) in [5, 5.41) is 2.06. The molecule has 3 nitrogen and oxygen atoms in total. The molecule has 0 saturated carbocycles. The molecule has 2 aromatic carbocycles. The lowest BCUT2D eigenvalue weighted by atomic mass is 10.1. The van der Waals surface area contributed by atoms with Gasteiger partial charge in [-0.05, 0) is 29.7 Å². The Morgan fingerprint density at radius 1 is 1.21 bits per heavy atom. The Kier molecular flexibility index (Phi) is 5.36. The predicted molar refractivity (Wildman–Crippen MR) is 103 cm³/mol. The molecule has 124 valence electrons. The molecule has 0 bridgehead atoms. The summed E-state index contributed by atoms with van der Waals surface area (Å²) in [6, 6.07) is 15.2. The van der Waals surface area contributed by atoms with Crippen LogP contribution in [0.15, 0.2) is 53.3 Å². The predicted octanol–water partition coefficient (Wildman–Crippen LogP) is 4.67. The second kappa shape index (κ2) is 7.49. The molecule has 0 amide bonds. The summed E-state index contributed by atoms with van der Waals surface area (Å²) in [6.45, 7) is 2.66. The van der Waals surface area contributed by atoms with Gasteiger partial charge in [0.15, 0.2) is 0 Å². The van der Waals surface area contributed by atoms with Crippen LogP contribution in [0.25, 0.3) is 10.9 Å². The van der Waals surface area contributed by atoms with Gasteiger partial charge in [-0.25, -0.2) is 4.98 Å². The quantitative estimate of drug-likeness (QED) is 0.578. The molecular weight excluding hydrogens is 388 g/mol. The summed E-state index contributed by atoms with van der Waals surface area (Å²) in [5.74, 6) is 1.18. The van der Waals surface area contributed by atoms with Crippen LogP contribution >= 0.6 is 27.5 Å². The fourth-order valence-corrected chi connectivity index (χ4v) is 3.09. The van der Waals surface area contributed by atoms with Crippen molar-refractivity contribution >= 4 is 38.4 Å². The molecule has 0 saturated heterocycles. The number of hydrogen-bond acceptors (Lipinski definition) is 2. The van der Waals surface area contributed by atoms with E-state index in [-0.39, 0.29) is 5.56 Å². The number of nitrogens with zero attached hydrogens (tertiary/aromatic N) is 2. The molecular formula is C19H18BrClN2O. The Bertz CT molecular complexity index is 908.